The van der Waals surface area contributed by atoms with Crippen molar-refractivity contribution >= 4 is 17.0 Å². The van der Waals surface area contributed by atoms with Crippen molar-refractivity contribution in [3.8, 4) is 0 Å². The third kappa shape index (κ3) is 2.01. The van der Waals surface area contributed by atoms with Crippen LogP contribution >= 0.6 is 0 Å². The highest BCUT2D eigenvalue weighted by molar-refractivity contribution is 5.88. The molecule has 0 radical (unpaired) electrons. The Morgan fingerprint density at radius 3 is 2.59 bits per heavy atom. The molecule has 0 amide bonds. The van der Waals surface area contributed by atoms with E-state index >= 15 is 0 Å². The van der Waals surface area contributed by atoms with Crippen LogP contribution in [0.1, 0.15) is 25.1 Å². The maximum absolute atomic E-state index is 5.90. The van der Waals surface area contributed by atoms with Crippen LogP contribution < -0.4 is 5.73 Å². The van der Waals surface area contributed by atoms with E-state index in [0.29, 0.717) is 0 Å². The normalized spacial score (nSPS) is 14.3. The lowest BCUT2D eigenvalue weighted by atomic mass is 10.1. The zero-order valence-corrected chi connectivity index (χ0v) is 11.0. The van der Waals surface area contributed by atoms with E-state index in [1.165, 1.54) is 27.7 Å². The molecule has 0 spiro atoms. The second kappa shape index (κ2) is 4.38. The Bertz CT molecular complexity index is 535. The van der Waals surface area contributed by atoms with E-state index in [1.807, 2.05) is 6.92 Å². The number of aromatic nitrogens is 1. The van der Waals surface area contributed by atoms with Crippen molar-refractivity contribution in [1.82, 2.24) is 4.57 Å². The highest BCUT2D eigenvalue weighted by atomic mass is 14.9. The lowest BCUT2D eigenvalue weighted by Crippen LogP contribution is -2.16. The first-order chi connectivity index (χ1) is 8.02. The Labute approximate surface area is 103 Å². The first-order valence-corrected chi connectivity index (χ1v) is 6.00. The molecule has 1 atom stereocenters. The lowest BCUT2D eigenvalue weighted by molar-refractivity contribution is 0.863. The molecular formula is C15H20N2. The molecule has 0 aliphatic heterocycles. The van der Waals surface area contributed by atoms with Crippen LogP contribution in [0.3, 0.4) is 0 Å². The molecule has 0 bridgehead atoms. The highest BCUT2D eigenvalue weighted by Crippen LogP contribution is 2.26. The van der Waals surface area contributed by atoms with Gasteiger partial charge in [-0.25, -0.2) is 0 Å². The van der Waals surface area contributed by atoms with Crippen LogP contribution in [-0.2, 0) is 7.05 Å². The lowest BCUT2D eigenvalue weighted by Gasteiger charge is -2.07. The molecule has 2 rings (SSSR count). The van der Waals surface area contributed by atoms with Gasteiger partial charge in [0.25, 0.3) is 0 Å². The van der Waals surface area contributed by atoms with Gasteiger partial charge in [0, 0.05) is 29.7 Å². The molecule has 1 aromatic carbocycles. The van der Waals surface area contributed by atoms with Crippen LogP contribution in [0.25, 0.3) is 17.0 Å². The predicted octanol–water partition coefficient (Wildman–Crippen LogP) is 3.24. The minimum Gasteiger partial charge on any atom is -0.344 e. The van der Waals surface area contributed by atoms with Gasteiger partial charge in [0.2, 0.25) is 0 Å². The van der Waals surface area contributed by atoms with Gasteiger partial charge in [-0.3, -0.25) is 0 Å². The van der Waals surface area contributed by atoms with Crippen molar-refractivity contribution in [3.05, 3.63) is 41.1 Å². The zero-order valence-electron chi connectivity index (χ0n) is 11.0. The monoisotopic (exact) mass is 228 g/mol. The maximum Gasteiger partial charge on any atom is 0.0485 e. The van der Waals surface area contributed by atoms with Gasteiger partial charge < -0.3 is 10.3 Å². The second-order valence-corrected chi connectivity index (χ2v) is 4.76. The van der Waals surface area contributed by atoms with Crippen LogP contribution in [0.5, 0.6) is 0 Å². The van der Waals surface area contributed by atoms with E-state index in [4.69, 9.17) is 5.73 Å². The molecule has 0 fully saturated rings. The fourth-order valence-corrected chi connectivity index (χ4v) is 2.15. The fourth-order valence-electron chi connectivity index (χ4n) is 2.15. The van der Waals surface area contributed by atoms with Gasteiger partial charge in [-0.2, -0.15) is 0 Å². The Kier molecular flexibility index (Phi) is 3.07. The maximum atomic E-state index is 5.90. The predicted molar refractivity (Wildman–Crippen MR) is 75.0 cm³/mol. The van der Waals surface area contributed by atoms with Gasteiger partial charge in [0.15, 0.2) is 0 Å². The first kappa shape index (κ1) is 11.9. The van der Waals surface area contributed by atoms with E-state index < -0.39 is 0 Å². The minimum absolute atomic E-state index is 0.104. The molecule has 0 aliphatic carbocycles. The van der Waals surface area contributed by atoms with Gasteiger partial charge in [-0.1, -0.05) is 23.8 Å². The van der Waals surface area contributed by atoms with Crippen molar-refractivity contribution < 1.29 is 0 Å². The number of nitrogens with two attached hydrogens (primary N) is 1. The summed E-state index contributed by atoms with van der Waals surface area (Å²) < 4.78 is 2.23. The summed E-state index contributed by atoms with van der Waals surface area (Å²) in [5, 5.41) is 1.32. The van der Waals surface area contributed by atoms with E-state index in [-0.39, 0.29) is 6.04 Å². The van der Waals surface area contributed by atoms with Crippen LogP contribution in [0, 0.1) is 6.92 Å². The number of nitrogens with zero attached hydrogens (tertiary/aromatic N) is 1. The zero-order chi connectivity index (χ0) is 12.6. The summed E-state index contributed by atoms with van der Waals surface area (Å²) in [5.74, 6) is 0. The summed E-state index contributed by atoms with van der Waals surface area (Å²) in [6, 6.07) is 8.59. The van der Waals surface area contributed by atoms with E-state index in [1.54, 1.807) is 0 Å². The van der Waals surface area contributed by atoms with Crippen molar-refractivity contribution in [2.24, 2.45) is 12.8 Å². The average molecular weight is 228 g/mol. The Morgan fingerprint density at radius 1 is 1.35 bits per heavy atom. The molecule has 0 aliphatic rings. The van der Waals surface area contributed by atoms with Crippen LogP contribution in [0.4, 0.5) is 0 Å². The number of aryl methyl sites for hydroxylation is 2. The second-order valence-electron chi connectivity index (χ2n) is 4.76. The number of para-hydroxylation sites is 1. The van der Waals surface area contributed by atoms with Crippen molar-refractivity contribution in [2.45, 2.75) is 26.8 Å². The third-order valence-corrected chi connectivity index (χ3v) is 3.50. The van der Waals surface area contributed by atoms with Gasteiger partial charge >= 0.3 is 0 Å². The molecule has 1 unspecified atom stereocenters. The highest BCUT2D eigenvalue weighted by Gasteiger charge is 2.09. The molecule has 2 heteroatoms. The molecule has 1 heterocycles. The summed E-state index contributed by atoms with van der Waals surface area (Å²) >= 11 is 0. The SMILES string of the molecule is C/C(=C\c1c(C)c2ccccc2n1C)C(C)N. The molecule has 2 N–H and O–H groups in total. The number of fused-ring (bicyclic) bond motifs is 1. The van der Waals surface area contributed by atoms with Crippen molar-refractivity contribution in [1.29, 1.82) is 0 Å². The van der Waals surface area contributed by atoms with Crippen molar-refractivity contribution in [3.63, 3.8) is 0 Å². The third-order valence-electron chi connectivity index (χ3n) is 3.50. The summed E-state index contributed by atoms with van der Waals surface area (Å²) in [6.45, 7) is 6.27. The van der Waals surface area contributed by atoms with Gasteiger partial charge in [0.1, 0.15) is 0 Å². The number of hydrogen-bond donors (Lipinski definition) is 1. The number of benzene rings is 1. The van der Waals surface area contributed by atoms with Crippen LogP contribution in [-0.4, -0.2) is 10.6 Å². The minimum atomic E-state index is 0.104. The molecule has 90 valence electrons. The summed E-state index contributed by atoms with van der Waals surface area (Å²) in [4.78, 5) is 0. The standard InChI is InChI=1S/C15H20N2/c1-10(12(3)16)9-15-11(2)13-7-5-6-8-14(13)17(15)4/h5-9,12H,16H2,1-4H3/b10-9+. The number of rotatable bonds is 2. The molecule has 2 aromatic rings. The average Bonchev–Trinajstić information content (AvgIpc) is 2.55. The fraction of sp³-hybridized carbons (Fsp3) is 0.333. The Hall–Kier alpha value is -1.54. The Morgan fingerprint density at radius 2 is 2.00 bits per heavy atom. The topological polar surface area (TPSA) is 30.9 Å². The molecule has 0 saturated heterocycles. The quantitative estimate of drug-likeness (QED) is 0.840. The van der Waals surface area contributed by atoms with Gasteiger partial charge in [-0.15, -0.1) is 0 Å². The van der Waals surface area contributed by atoms with Gasteiger partial charge in [-0.05, 0) is 38.5 Å². The number of hydrogen-bond acceptors (Lipinski definition) is 1. The van der Waals surface area contributed by atoms with Crippen LogP contribution in [0.2, 0.25) is 0 Å². The smallest absolute Gasteiger partial charge is 0.0485 e. The molecule has 0 saturated carbocycles. The molecule has 17 heavy (non-hydrogen) atoms. The molecule has 2 nitrogen and oxygen atoms in total. The van der Waals surface area contributed by atoms with E-state index in [9.17, 15) is 0 Å². The summed E-state index contributed by atoms with van der Waals surface area (Å²) in [6.07, 6.45) is 2.19. The largest absolute Gasteiger partial charge is 0.344 e. The Balaban J connectivity index is 2.67. The first-order valence-electron chi connectivity index (χ1n) is 6.00. The molecular weight excluding hydrogens is 208 g/mol. The van der Waals surface area contributed by atoms with Crippen molar-refractivity contribution in [2.75, 3.05) is 0 Å². The van der Waals surface area contributed by atoms with Gasteiger partial charge in [0.05, 0.1) is 0 Å². The summed E-state index contributed by atoms with van der Waals surface area (Å²) in [7, 11) is 2.11. The van der Waals surface area contributed by atoms with E-state index in [0.717, 1.165) is 0 Å². The molecule has 1 aromatic heterocycles. The van der Waals surface area contributed by atoms with E-state index in [2.05, 4.69) is 55.8 Å². The van der Waals surface area contributed by atoms with Crippen LogP contribution in [0.15, 0.2) is 29.8 Å². The summed E-state index contributed by atoms with van der Waals surface area (Å²) in [5.41, 5.74) is 11.0.